The van der Waals surface area contributed by atoms with Gasteiger partial charge in [-0.15, -0.1) is 11.3 Å². The number of hydrogen-bond acceptors (Lipinski definition) is 4. The van der Waals surface area contributed by atoms with Crippen LogP contribution < -0.4 is 15.8 Å². The SMILES string of the molecule is CN=C(NCCC(C)C)NCc1ccc(S(N)(=O)=O)s1. The minimum absolute atomic E-state index is 0.178. The van der Waals surface area contributed by atoms with E-state index in [4.69, 9.17) is 5.14 Å². The Bertz CT molecular complexity index is 550. The average molecular weight is 318 g/mol. The number of nitrogens with two attached hydrogens (primary N) is 1. The van der Waals surface area contributed by atoms with Crippen LogP contribution in [0.1, 0.15) is 25.1 Å². The summed E-state index contributed by atoms with van der Waals surface area (Å²) in [5.74, 6) is 1.34. The molecule has 114 valence electrons. The molecule has 1 aromatic rings. The van der Waals surface area contributed by atoms with Crippen molar-refractivity contribution in [2.45, 2.75) is 31.0 Å². The van der Waals surface area contributed by atoms with Crippen LogP contribution in [-0.2, 0) is 16.6 Å². The first-order chi connectivity index (χ1) is 9.32. The van der Waals surface area contributed by atoms with Gasteiger partial charge in [0, 0.05) is 18.5 Å². The van der Waals surface area contributed by atoms with Crippen LogP contribution in [0, 0.1) is 5.92 Å². The van der Waals surface area contributed by atoms with Gasteiger partial charge >= 0.3 is 0 Å². The molecule has 0 bridgehead atoms. The molecule has 0 saturated carbocycles. The molecule has 0 spiro atoms. The van der Waals surface area contributed by atoms with E-state index in [2.05, 4.69) is 29.5 Å². The van der Waals surface area contributed by atoms with Crippen LogP contribution in [0.3, 0.4) is 0 Å². The molecule has 6 nitrogen and oxygen atoms in total. The van der Waals surface area contributed by atoms with E-state index in [9.17, 15) is 8.42 Å². The monoisotopic (exact) mass is 318 g/mol. The lowest BCUT2D eigenvalue weighted by atomic mass is 10.1. The number of nitrogens with zero attached hydrogens (tertiary/aromatic N) is 1. The van der Waals surface area contributed by atoms with Gasteiger partial charge in [-0.05, 0) is 24.5 Å². The molecular weight excluding hydrogens is 296 g/mol. The Morgan fingerprint density at radius 1 is 1.40 bits per heavy atom. The number of nitrogens with one attached hydrogen (secondary N) is 2. The predicted octanol–water partition coefficient (Wildman–Crippen LogP) is 1.11. The summed E-state index contributed by atoms with van der Waals surface area (Å²) in [6, 6.07) is 3.27. The highest BCUT2D eigenvalue weighted by Crippen LogP contribution is 2.19. The lowest BCUT2D eigenvalue weighted by Crippen LogP contribution is -2.37. The van der Waals surface area contributed by atoms with Crippen LogP contribution in [0.5, 0.6) is 0 Å². The Hall–Kier alpha value is -1.12. The zero-order chi connectivity index (χ0) is 15.2. The zero-order valence-corrected chi connectivity index (χ0v) is 13.6. The van der Waals surface area contributed by atoms with E-state index in [1.54, 1.807) is 13.1 Å². The van der Waals surface area contributed by atoms with E-state index in [1.807, 2.05) is 0 Å². The maximum atomic E-state index is 11.2. The maximum absolute atomic E-state index is 11.2. The lowest BCUT2D eigenvalue weighted by molar-refractivity contribution is 0.573. The molecule has 1 heterocycles. The molecule has 0 amide bonds. The summed E-state index contributed by atoms with van der Waals surface area (Å²) in [6.45, 7) is 5.70. The fourth-order valence-corrected chi connectivity index (χ4v) is 3.20. The molecule has 1 rings (SSSR count). The van der Waals surface area contributed by atoms with Gasteiger partial charge in [0.25, 0.3) is 0 Å². The molecule has 0 radical (unpaired) electrons. The largest absolute Gasteiger partial charge is 0.356 e. The van der Waals surface area contributed by atoms with Crippen molar-refractivity contribution in [2.24, 2.45) is 16.0 Å². The average Bonchev–Trinajstić information content (AvgIpc) is 2.81. The van der Waals surface area contributed by atoms with E-state index in [0.717, 1.165) is 29.2 Å². The highest BCUT2D eigenvalue weighted by molar-refractivity contribution is 7.91. The van der Waals surface area contributed by atoms with Gasteiger partial charge in [-0.1, -0.05) is 13.8 Å². The minimum Gasteiger partial charge on any atom is -0.356 e. The van der Waals surface area contributed by atoms with Crippen LogP contribution in [0.2, 0.25) is 0 Å². The summed E-state index contributed by atoms with van der Waals surface area (Å²) in [5.41, 5.74) is 0. The van der Waals surface area contributed by atoms with Gasteiger partial charge in [0.15, 0.2) is 5.96 Å². The molecule has 8 heteroatoms. The quantitative estimate of drug-likeness (QED) is 0.540. The second-order valence-electron chi connectivity index (χ2n) is 4.80. The Morgan fingerprint density at radius 3 is 2.60 bits per heavy atom. The summed E-state index contributed by atoms with van der Waals surface area (Å²) in [5, 5.41) is 11.4. The second kappa shape index (κ2) is 7.61. The first-order valence-corrected chi connectivity index (χ1v) is 8.75. The van der Waals surface area contributed by atoms with E-state index in [1.165, 1.54) is 6.07 Å². The Kier molecular flexibility index (Phi) is 6.44. The van der Waals surface area contributed by atoms with Gasteiger partial charge in [0.05, 0.1) is 6.54 Å². The van der Waals surface area contributed by atoms with Gasteiger partial charge in [-0.2, -0.15) is 0 Å². The highest BCUT2D eigenvalue weighted by Gasteiger charge is 2.11. The van der Waals surface area contributed by atoms with Crippen LogP contribution >= 0.6 is 11.3 Å². The fourth-order valence-electron chi connectivity index (χ4n) is 1.48. The van der Waals surface area contributed by atoms with Gasteiger partial charge in [-0.3, -0.25) is 4.99 Å². The predicted molar refractivity (Wildman–Crippen MR) is 83.3 cm³/mol. The minimum atomic E-state index is -3.60. The third-order valence-corrected chi connectivity index (χ3v) is 5.11. The van der Waals surface area contributed by atoms with Gasteiger partial charge in [-0.25, -0.2) is 13.6 Å². The Labute approximate surface area is 124 Å². The molecular formula is C12H22N4O2S2. The maximum Gasteiger partial charge on any atom is 0.247 e. The summed E-state index contributed by atoms with van der Waals surface area (Å²) in [6.07, 6.45) is 1.06. The topological polar surface area (TPSA) is 96.6 Å². The molecule has 0 aliphatic rings. The zero-order valence-electron chi connectivity index (χ0n) is 12.0. The van der Waals surface area contributed by atoms with Crippen molar-refractivity contribution in [3.63, 3.8) is 0 Å². The standard InChI is InChI=1S/C12H22N4O2S2/c1-9(2)6-7-15-12(14-3)16-8-10-4-5-11(19-10)20(13,17)18/h4-5,9H,6-8H2,1-3H3,(H2,13,17,18)(H2,14,15,16). The molecule has 0 atom stereocenters. The molecule has 0 aromatic carbocycles. The molecule has 0 aliphatic heterocycles. The molecule has 0 unspecified atom stereocenters. The van der Waals surface area contributed by atoms with E-state index in [-0.39, 0.29) is 4.21 Å². The van der Waals surface area contributed by atoms with Crippen LogP contribution in [0.4, 0.5) is 0 Å². The summed E-state index contributed by atoms with van der Waals surface area (Å²) < 4.78 is 22.5. The number of thiophene rings is 1. The lowest BCUT2D eigenvalue weighted by Gasteiger charge is -2.12. The third-order valence-electron chi connectivity index (χ3n) is 2.59. The van der Waals surface area contributed by atoms with Crippen molar-refractivity contribution in [3.05, 3.63) is 17.0 Å². The number of sulfonamides is 1. The first kappa shape index (κ1) is 16.9. The van der Waals surface area contributed by atoms with Crippen molar-refractivity contribution in [2.75, 3.05) is 13.6 Å². The number of hydrogen-bond donors (Lipinski definition) is 3. The summed E-state index contributed by atoms with van der Waals surface area (Å²) in [4.78, 5) is 5.00. The first-order valence-electron chi connectivity index (χ1n) is 6.39. The normalized spacial score (nSPS) is 12.8. The molecule has 0 saturated heterocycles. The number of aliphatic imine (C=N–C) groups is 1. The second-order valence-corrected chi connectivity index (χ2v) is 7.76. The fraction of sp³-hybridized carbons (Fsp3) is 0.583. The van der Waals surface area contributed by atoms with Crippen LogP contribution in [-0.4, -0.2) is 28.0 Å². The molecule has 1 aromatic heterocycles. The van der Waals surface area contributed by atoms with Crippen LogP contribution in [0.25, 0.3) is 0 Å². The van der Waals surface area contributed by atoms with Gasteiger partial charge < -0.3 is 10.6 Å². The molecule has 4 N–H and O–H groups in total. The van der Waals surface area contributed by atoms with Crippen molar-refractivity contribution in [1.29, 1.82) is 0 Å². The molecule has 0 aliphatic carbocycles. The molecule has 0 fully saturated rings. The third kappa shape index (κ3) is 5.89. The van der Waals surface area contributed by atoms with Gasteiger partial charge in [0.2, 0.25) is 10.0 Å². The van der Waals surface area contributed by atoms with E-state index >= 15 is 0 Å². The van der Waals surface area contributed by atoms with Gasteiger partial charge in [0.1, 0.15) is 4.21 Å². The Morgan fingerprint density at radius 2 is 2.10 bits per heavy atom. The van der Waals surface area contributed by atoms with Crippen molar-refractivity contribution in [3.8, 4) is 0 Å². The van der Waals surface area contributed by atoms with Crippen molar-refractivity contribution >= 4 is 27.3 Å². The number of rotatable bonds is 6. The van der Waals surface area contributed by atoms with Crippen molar-refractivity contribution in [1.82, 2.24) is 10.6 Å². The molecule has 20 heavy (non-hydrogen) atoms. The Balaban J connectivity index is 2.47. The highest BCUT2D eigenvalue weighted by atomic mass is 32.2. The van der Waals surface area contributed by atoms with E-state index in [0.29, 0.717) is 18.4 Å². The number of guanidine groups is 1. The summed E-state index contributed by atoms with van der Waals surface area (Å²) in [7, 11) is -1.90. The van der Waals surface area contributed by atoms with Crippen LogP contribution in [0.15, 0.2) is 21.3 Å². The number of primary sulfonamides is 1. The summed E-state index contributed by atoms with van der Waals surface area (Å²) >= 11 is 1.16. The van der Waals surface area contributed by atoms with E-state index < -0.39 is 10.0 Å². The smallest absolute Gasteiger partial charge is 0.247 e. The van der Waals surface area contributed by atoms with Crippen molar-refractivity contribution < 1.29 is 8.42 Å².